The van der Waals surface area contributed by atoms with Crippen molar-refractivity contribution in [1.29, 1.82) is 0 Å². The van der Waals surface area contributed by atoms with Gasteiger partial charge in [-0.25, -0.2) is 9.97 Å². The quantitative estimate of drug-likeness (QED) is 0.129. The van der Waals surface area contributed by atoms with Crippen molar-refractivity contribution in [2.75, 3.05) is 0 Å². The van der Waals surface area contributed by atoms with Gasteiger partial charge in [0.15, 0.2) is 5.82 Å². The second-order valence-electron chi connectivity index (χ2n) is 31.9. The van der Waals surface area contributed by atoms with Gasteiger partial charge in [0.1, 0.15) is 0 Å². The molecule has 0 aliphatic heterocycles. The predicted molar refractivity (Wildman–Crippen MR) is 522 cm³/mol. The van der Waals surface area contributed by atoms with Crippen molar-refractivity contribution in [3.8, 4) is 90.4 Å². The number of hydrogen-bond acceptors (Lipinski definition) is 5. The average Bonchev–Trinajstić information content (AvgIpc) is 1.61. The van der Waals surface area contributed by atoms with Crippen LogP contribution in [0, 0.1) is 0 Å². The van der Waals surface area contributed by atoms with Crippen molar-refractivity contribution in [2.45, 2.75) is 0 Å². The molecule has 0 radical (unpaired) electrons. The lowest BCUT2D eigenvalue weighted by Crippen LogP contribution is -1.98. The fourth-order valence-corrected chi connectivity index (χ4v) is 19.0. The summed E-state index contributed by atoms with van der Waals surface area (Å²) in [6.07, 6.45) is 9.79. The van der Waals surface area contributed by atoms with E-state index in [1.165, 1.54) is 115 Å². The second kappa shape index (κ2) is 30.5. The number of nitrogens with zero attached hydrogens (tertiary/aromatic N) is 11. The van der Waals surface area contributed by atoms with Crippen LogP contribution in [0.15, 0.2) is 456 Å². The van der Waals surface area contributed by atoms with E-state index in [-0.39, 0.29) is 0 Å². The van der Waals surface area contributed by atoms with Gasteiger partial charge in [0.2, 0.25) is 0 Å². The highest BCUT2D eigenvalue weighted by atomic mass is 15.0. The Hall–Kier alpha value is -17.2. The van der Waals surface area contributed by atoms with E-state index in [2.05, 4.69) is 422 Å². The lowest BCUT2D eigenvalue weighted by atomic mass is 10.0. The molecule has 590 valence electrons. The lowest BCUT2D eigenvalue weighted by molar-refractivity contribution is 1.08. The van der Waals surface area contributed by atoms with Crippen LogP contribution in [-0.2, 0) is 0 Å². The van der Waals surface area contributed by atoms with Crippen molar-refractivity contribution >= 4 is 131 Å². The Labute approximate surface area is 724 Å². The van der Waals surface area contributed by atoms with Crippen LogP contribution in [0.5, 0.6) is 0 Å². The van der Waals surface area contributed by atoms with Gasteiger partial charge in [0.25, 0.3) is 0 Å². The standard InChI is InChI=1S/C41H27N3.C39H25N5.C35H23N3/c1-2-10-30(11-3-1)37-26-36-35-14-6-9-17-40(35)44(41(36)27-42-37)32-24-20-29(21-25-32)28-18-22-31(23-19-28)43-38-15-7-4-12-33(38)34-13-5-8-16-39(34)43;1-2-10-26(11-3-1)34-22-33-32-14-6-9-17-37(32)44(38(33)25-40-34)29-23-41-39(42-24-29)27-18-20-28(21-19-27)43-35-15-7-4-12-30(35)31-13-5-8-16-36(31)43;1-2-10-24(11-3-1)31-22-30-29-14-6-9-17-34(29)38(35(30)23-36-31)26-20-18-25(19-21-26)37-32-15-7-4-12-27(32)28-13-5-8-16-33(28)37/h1-27H;1-25H;1-23H. The first kappa shape index (κ1) is 72.8. The minimum atomic E-state index is 0.688. The van der Waals surface area contributed by atoms with E-state index in [1.807, 2.05) is 61.3 Å². The van der Waals surface area contributed by atoms with E-state index in [0.717, 1.165) is 101 Å². The molecule has 11 nitrogen and oxygen atoms in total. The van der Waals surface area contributed by atoms with Gasteiger partial charge in [-0.05, 0) is 157 Å². The molecule has 0 saturated heterocycles. The first-order valence-corrected chi connectivity index (χ1v) is 42.6. The zero-order chi connectivity index (χ0) is 83.1. The number of rotatable bonds is 11. The number of hydrogen-bond donors (Lipinski definition) is 0. The molecule has 0 unspecified atom stereocenters. The van der Waals surface area contributed by atoms with Crippen molar-refractivity contribution in [3.05, 3.63) is 456 Å². The predicted octanol–water partition coefficient (Wildman–Crippen LogP) is 29.0. The van der Waals surface area contributed by atoms with Crippen molar-refractivity contribution in [2.24, 2.45) is 0 Å². The second-order valence-corrected chi connectivity index (χ2v) is 31.9. The Morgan fingerprint density at radius 3 is 0.563 bits per heavy atom. The fraction of sp³-hybridized carbons (Fsp3) is 0. The smallest absolute Gasteiger partial charge is 0.159 e. The Morgan fingerprint density at radius 1 is 0.127 bits per heavy atom. The summed E-state index contributed by atoms with van der Waals surface area (Å²) in [4.78, 5) is 24.2. The van der Waals surface area contributed by atoms with Crippen LogP contribution in [0.4, 0.5) is 0 Å². The van der Waals surface area contributed by atoms with Crippen LogP contribution in [0.25, 0.3) is 221 Å². The summed E-state index contributed by atoms with van der Waals surface area (Å²) in [5.74, 6) is 0.688. The Balaban J connectivity index is 0.000000106. The molecule has 16 aromatic carbocycles. The maximum absolute atomic E-state index is 4.87. The third kappa shape index (κ3) is 12.4. The summed E-state index contributed by atoms with van der Waals surface area (Å²) in [7, 11) is 0. The monoisotopic (exact) mass is 1610 g/mol. The van der Waals surface area contributed by atoms with Crippen LogP contribution < -0.4 is 0 Å². The molecule has 0 bridgehead atoms. The van der Waals surface area contributed by atoms with Crippen molar-refractivity contribution in [1.82, 2.24) is 52.3 Å². The molecule has 0 fully saturated rings. The Kier molecular flexibility index (Phi) is 17.6. The van der Waals surface area contributed by atoms with E-state index in [1.54, 1.807) is 0 Å². The summed E-state index contributed by atoms with van der Waals surface area (Å²) in [6, 6.07) is 150. The van der Waals surface area contributed by atoms with Gasteiger partial charge in [0, 0.05) is 115 Å². The number of para-hydroxylation sites is 9. The van der Waals surface area contributed by atoms with E-state index >= 15 is 0 Å². The third-order valence-corrected chi connectivity index (χ3v) is 24.9. The largest absolute Gasteiger partial charge is 0.309 e. The lowest BCUT2D eigenvalue weighted by Gasteiger charge is -2.11. The molecule has 10 aromatic heterocycles. The SMILES string of the molecule is c1ccc(-c2cc3c4ccccc4n(-c4ccc(-c5ccc(-n6c7ccccc7c7ccccc76)cc5)cc4)c3cn2)cc1.c1ccc(-c2cc3c4ccccc4n(-c4ccc(-n5c6ccccc6c6ccccc65)cc4)c3cn2)cc1.c1ccc(-c2cc3c4ccccc4n(-c4cnc(-c5ccc(-n6c7ccccc7c7ccccc76)cc5)nc4)c3cn2)cc1. The zero-order valence-corrected chi connectivity index (χ0v) is 68.2. The normalized spacial score (nSPS) is 11.7. The molecule has 0 aliphatic carbocycles. The highest BCUT2D eigenvalue weighted by molar-refractivity contribution is 6.15. The first-order chi connectivity index (χ1) is 62.5. The van der Waals surface area contributed by atoms with Gasteiger partial charge >= 0.3 is 0 Å². The molecule has 126 heavy (non-hydrogen) atoms. The molecule has 0 spiro atoms. The van der Waals surface area contributed by atoms with Gasteiger partial charge in [-0.15, -0.1) is 0 Å². The third-order valence-electron chi connectivity index (χ3n) is 24.9. The van der Waals surface area contributed by atoms with Gasteiger partial charge < -0.3 is 27.4 Å². The van der Waals surface area contributed by atoms with E-state index in [9.17, 15) is 0 Å². The van der Waals surface area contributed by atoms with Crippen molar-refractivity contribution < 1.29 is 0 Å². The van der Waals surface area contributed by atoms with Gasteiger partial charge in [-0.3, -0.25) is 15.0 Å². The summed E-state index contributed by atoms with van der Waals surface area (Å²) in [6.45, 7) is 0. The molecular formula is C115H75N11. The van der Waals surface area contributed by atoms with E-state index in [4.69, 9.17) is 24.9 Å². The zero-order valence-electron chi connectivity index (χ0n) is 68.2. The molecule has 26 aromatic rings. The minimum absolute atomic E-state index is 0.688. The summed E-state index contributed by atoms with van der Waals surface area (Å²) in [5.41, 5.74) is 30.2. The van der Waals surface area contributed by atoms with Gasteiger partial charge in [0.05, 0.1) is 120 Å². The topological polar surface area (TPSA) is 94.0 Å². The van der Waals surface area contributed by atoms with Crippen LogP contribution in [0.3, 0.4) is 0 Å². The van der Waals surface area contributed by atoms with E-state index in [0.29, 0.717) is 5.82 Å². The Bertz CT molecular complexity index is 8150. The van der Waals surface area contributed by atoms with Gasteiger partial charge in [-0.1, -0.05) is 279 Å². The molecule has 0 N–H and O–H groups in total. The molecule has 0 saturated carbocycles. The molecule has 0 atom stereocenters. The molecule has 26 rings (SSSR count). The highest BCUT2D eigenvalue weighted by Gasteiger charge is 2.22. The summed E-state index contributed by atoms with van der Waals surface area (Å²) in [5, 5.41) is 14.8. The molecule has 0 aliphatic rings. The van der Waals surface area contributed by atoms with Crippen LogP contribution in [-0.4, -0.2) is 52.3 Å². The fourth-order valence-electron chi connectivity index (χ4n) is 19.0. The number of aromatic nitrogens is 11. The molecule has 0 amide bonds. The summed E-state index contributed by atoms with van der Waals surface area (Å²) < 4.78 is 13.9. The average molecular weight is 1610 g/mol. The molecular weight excluding hydrogens is 1540 g/mol. The number of benzene rings is 16. The van der Waals surface area contributed by atoms with Gasteiger partial charge in [-0.2, -0.15) is 0 Å². The minimum Gasteiger partial charge on any atom is -0.309 e. The highest BCUT2D eigenvalue weighted by Crippen LogP contribution is 2.42. The van der Waals surface area contributed by atoms with Crippen LogP contribution in [0.2, 0.25) is 0 Å². The van der Waals surface area contributed by atoms with Crippen LogP contribution >= 0.6 is 0 Å². The first-order valence-electron chi connectivity index (χ1n) is 42.6. The van der Waals surface area contributed by atoms with Crippen molar-refractivity contribution in [3.63, 3.8) is 0 Å². The maximum atomic E-state index is 4.87. The molecule has 10 heterocycles. The van der Waals surface area contributed by atoms with Crippen LogP contribution in [0.1, 0.15) is 0 Å². The molecule has 11 heteroatoms. The number of pyridine rings is 3. The summed E-state index contributed by atoms with van der Waals surface area (Å²) >= 11 is 0. The Morgan fingerprint density at radius 2 is 0.317 bits per heavy atom. The van der Waals surface area contributed by atoms with E-state index < -0.39 is 0 Å². The maximum Gasteiger partial charge on any atom is 0.159 e. The number of fused-ring (bicyclic) bond motifs is 18.